The van der Waals surface area contributed by atoms with E-state index in [1.165, 1.54) is 35.5 Å². The van der Waals surface area contributed by atoms with E-state index in [9.17, 15) is 118 Å². The number of hydrogen-bond donors (Lipinski definition) is 17. The third-order valence-electron chi connectivity index (χ3n) is 24.7. The lowest BCUT2D eigenvalue weighted by Crippen LogP contribution is -2.64. The standard InChI is InChI=1S/C84H156N6O37P4/c1-58(95)85-73-79(104)76(101)67(53-92)122-82(73)115-44-30-23-17-11-5-8-14-20-27-35-70(98)88-41-38-61(52-91)64(49-88)125-130(111,112)120-57-63-40-43-90(72(100)37-29-22-16-10-7-13-19-25-32-46-117-84-75(87-60(3)97)81(106)78(103)69(55-94)124-84)51-66(63)127-131(113,114)121-56-62-39-42-89(50-65(62)126-129(109,110)119-48-34-26-33-47-118-128(4,107)108)71(99)36-28-21-15-9-6-12-18-24-31-45-116-83-74(86-59(2)96)80(105)77(102)68(54-93)123-83/h61-69,73-84,91-94,101-106H,5-57H2,1-4H3,(H,85,95)(H,86,96)(H,87,97)(H,107,108)(H,109,110)(H,111,112)(H,113,114)/t61-,62-,63-,64+,65+,66+,67?,68?,69?,73?,74?,75?,76?,77?,78?,79?,80?,81?,82?,83?,84?/m1/s1. The molecular formula is C84H156N6O37P4. The van der Waals surface area contributed by atoms with Gasteiger partial charge in [-0.3, -0.25) is 60.5 Å². The van der Waals surface area contributed by atoms with Crippen LogP contribution in [0.4, 0.5) is 0 Å². The van der Waals surface area contributed by atoms with Crippen molar-refractivity contribution < 1.29 is 178 Å². The fourth-order valence-electron chi connectivity index (χ4n) is 17.1. The third kappa shape index (κ3) is 43.9. The summed E-state index contributed by atoms with van der Waals surface area (Å²) in [5.41, 5.74) is 0. The number of amides is 6. The first kappa shape index (κ1) is 116. The van der Waals surface area contributed by atoms with Gasteiger partial charge < -0.3 is 134 Å². The fourth-order valence-corrected chi connectivity index (χ4v) is 20.6. The van der Waals surface area contributed by atoms with Gasteiger partial charge in [0, 0.05) is 130 Å². The molecule has 131 heavy (non-hydrogen) atoms. The van der Waals surface area contributed by atoms with Crippen LogP contribution in [0.3, 0.4) is 0 Å². The summed E-state index contributed by atoms with van der Waals surface area (Å²) < 4.78 is 127. The molecule has 0 spiro atoms. The summed E-state index contributed by atoms with van der Waals surface area (Å²) in [6, 6.07) is -3.07. The molecule has 19 unspecified atom stereocenters. The fraction of sp³-hybridized carbons (Fsp3) is 0.929. The minimum Gasteiger partial charge on any atom is -0.396 e. The number of carbonyl (C=O) groups excluding carboxylic acids is 6. The second-order valence-electron chi connectivity index (χ2n) is 35.5. The van der Waals surface area contributed by atoms with E-state index in [1.807, 2.05) is 0 Å². The lowest BCUT2D eigenvalue weighted by Gasteiger charge is -2.42. The Balaban J connectivity index is 1.00. The first-order chi connectivity index (χ1) is 62.4. The summed E-state index contributed by atoms with van der Waals surface area (Å²) in [4.78, 5) is 125. The first-order valence-corrected chi connectivity index (χ1v) is 53.8. The van der Waals surface area contributed by atoms with Crippen molar-refractivity contribution in [1.82, 2.24) is 30.7 Å². The van der Waals surface area contributed by atoms with Crippen LogP contribution in [0.15, 0.2) is 0 Å². The molecule has 6 saturated heterocycles. The van der Waals surface area contributed by atoms with Gasteiger partial charge >= 0.3 is 31.1 Å². The van der Waals surface area contributed by atoms with E-state index in [0.29, 0.717) is 57.8 Å². The maximum absolute atomic E-state index is 14.4. The van der Waals surface area contributed by atoms with E-state index in [-0.39, 0.29) is 135 Å². The van der Waals surface area contributed by atoms with Crippen LogP contribution in [0.5, 0.6) is 0 Å². The number of carbonyl (C=O) groups is 6. The van der Waals surface area contributed by atoms with Gasteiger partial charge in [-0.1, -0.05) is 135 Å². The second-order valence-corrected chi connectivity index (χ2v) is 41.6. The number of unbranched alkanes of at least 4 members (excludes halogenated alkanes) is 26. The highest BCUT2D eigenvalue weighted by Gasteiger charge is 2.50. The Morgan fingerprint density at radius 3 is 0.847 bits per heavy atom. The lowest BCUT2D eigenvalue weighted by atomic mass is 9.94. The van der Waals surface area contributed by atoms with E-state index in [2.05, 4.69) is 16.0 Å². The minimum atomic E-state index is -5.23. The smallest absolute Gasteiger partial charge is 0.396 e. The normalized spacial score (nSPS) is 29.8. The van der Waals surface area contributed by atoms with Gasteiger partial charge in [0.15, 0.2) is 18.9 Å². The van der Waals surface area contributed by atoms with E-state index < -0.39 is 216 Å². The molecule has 6 amide bonds. The molecule has 6 rings (SSSR count). The van der Waals surface area contributed by atoms with Crippen molar-refractivity contribution in [2.45, 2.75) is 362 Å². The summed E-state index contributed by atoms with van der Waals surface area (Å²) in [7, 11) is -19.0. The number of nitrogens with zero attached hydrogens (tertiary/aromatic N) is 3. The molecule has 0 aliphatic carbocycles. The van der Waals surface area contributed by atoms with E-state index >= 15 is 0 Å². The topological polar surface area (TPSA) is 620 Å². The monoisotopic (exact) mass is 1960 g/mol. The first-order valence-electron chi connectivity index (χ1n) is 47.3. The number of likely N-dealkylation sites (tertiary alicyclic amines) is 3. The van der Waals surface area contributed by atoms with Crippen molar-refractivity contribution in [3.05, 3.63) is 0 Å². The number of ether oxygens (including phenoxy) is 6. The maximum Gasteiger partial charge on any atom is 0.472 e. The number of piperidine rings is 3. The van der Waals surface area contributed by atoms with Crippen LogP contribution >= 0.6 is 31.1 Å². The van der Waals surface area contributed by atoms with E-state index in [0.717, 1.165) is 135 Å². The molecule has 0 radical (unpaired) electrons. The summed E-state index contributed by atoms with van der Waals surface area (Å²) >= 11 is 0. The number of aliphatic hydroxyl groups excluding tert-OH is 10. The highest BCUT2D eigenvalue weighted by atomic mass is 31.2. The Kier molecular flexibility index (Phi) is 55.0. The highest BCUT2D eigenvalue weighted by Crippen LogP contribution is 2.52. The molecule has 6 heterocycles. The maximum atomic E-state index is 14.4. The number of nitrogens with one attached hydrogen (secondary N) is 3. The van der Waals surface area contributed by atoms with Gasteiger partial charge in [0.1, 0.15) is 73.1 Å². The van der Waals surface area contributed by atoms with E-state index in [4.69, 9.17) is 60.1 Å². The molecule has 47 heteroatoms. The molecule has 6 aliphatic heterocycles. The van der Waals surface area contributed by atoms with Gasteiger partial charge in [-0.25, -0.2) is 13.7 Å². The Labute approximate surface area is 770 Å². The van der Waals surface area contributed by atoms with Crippen LogP contribution in [0.1, 0.15) is 252 Å². The second kappa shape index (κ2) is 62.0. The lowest BCUT2D eigenvalue weighted by molar-refractivity contribution is -0.270. The molecule has 0 aromatic heterocycles. The zero-order valence-corrected chi connectivity index (χ0v) is 80.5. The average Bonchev–Trinajstić information content (AvgIpc) is 0.815. The van der Waals surface area contributed by atoms with Crippen LogP contribution in [-0.4, -0.2) is 350 Å². The molecular weight excluding hydrogens is 1810 g/mol. The van der Waals surface area contributed by atoms with Crippen molar-refractivity contribution >= 4 is 66.5 Å². The van der Waals surface area contributed by atoms with Gasteiger partial charge in [-0.2, -0.15) is 0 Å². The van der Waals surface area contributed by atoms with Crippen LogP contribution in [0, 0.1) is 17.8 Å². The van der Waals surface area contributed by atoms with Gasteiger partial charge in [0.2, 0.25) is 35.4 Å². The van der Waals surface area contributed by atoms with Crippen molar-refractivity contribution in [1.29, 1.82) is 0 Å². The molecule has 764 valence electrons. The van der Waals surface area contributed by atoms with E-state index in [1.54, 1.807) is 0 Å². The predicted octanol–water partition coefficient (Wildman–Crippen LogP) is 4.62. The largest absolute Gasteiger partial charge is 0.472 e. The number of aliphatic hydroxyl groups is 10. The molecule has 0 saturated carbocycles. The quantitative estimate of drug-likeness (QED) is 0.0292. The Bertz CT molecular complexity index is 3480. The summed E-state index contributed by atoms with van der Waals surface area (Å²) in [6.45, 7) is 1.74. The number of phosphoric acid groups is 3. The van der Waals surface area contributed by atoms with Gasteiger partial charge in [0.25, 0.3) is 0 Å². The molecule has 25 atom stereocenters. The Hall–Kier alpha value is -3.34. The van der Waals surface area contributed by atoms with Gasteiger partial charge in [-0.05, 0) is 77.0 Å². The molecule has 17 N–H and O–H groups in total. The van der Waals surface area contributed by atoms with Crippen molar-refractivity contribution in [2.24, 2.45) is 17.8 Å². The Morgan fingerprint density at radius 2 is 0.573 bits per heavy atom. The van der Waals surface area contributed by atoms with Crippen molar-refractivity contribution in [3.63, 3.8) is 0 Å². The van der Waals surface area contributed by atoms with Crippen LogP contribution in [-0.2, 0) is 107 Å². The van der Waals surface area contributed by atoms with Gasteiger partial charge in [0.05, 0.1) is 64.6 Å². The number of hydrogen-bond acceptors (Lipinski definition) is 33. The molecule has 0 aromatic rings. The summed E-state index contributed by atoms with van der Waals surface area (Å²) in [5.74, 6) is -4.66. The summed E-state index contributed by atoms with van der Waals surface area (Å²) in [6.07, 6.45) is 4.86. The zero-order chi connectivity index (χ0) is 96.1. The minimum absolute atomic E-state index is 0.0338. The van der Waals surface area contributed by atoms with Crippen LogP contribution < -0.4 is 16.0 Å². The molecule has 0 bridgehead atoms. The van der Waals surface area contributed by atoms with Crippen molar-refractivity contribution in [3.8, 4) is 0 Å². The number of phosphoric ester groups is 3. The molecule has 6 aliphatic rings. The molecule has 0 aromatic carbocycles. The zero-order valence-electron chi connectivity index (χ0n) is 76.9. The van der Waals surface area contributed by atoms with Crippen molar-refractivity contribution in [2.75, 3.05) is 119 Å². The number of rotatable bonds is 66. The van der Waals surface area contributed by atoms with Crippen LogP contribution in [0.25, 0.3) is 0 Å². The third-order valence-corrected chi connectivity index (χ3v) is 28.4. The highest BCUT2D eigenvalue weighted by molar-refractivity contribution is 7.51. The summed E-state index contributed by atoms with van der Waals surface area (Å²) in [5, 5.41) is 109. The van der Waals surface area contributed by atoms with Gasteiger partial charge in [-0.15, -0.1) is 0 Å². The average molecular weight is 1970 g/mol. The predicted molar refractivity (Wildman–Crippen MR) is 471 cm³/mol. The molecule has 43 nitrogen and oxygen atoms in total. The van der Waals surface area contributed by atoms with Crippen LogP contribution in [0.2, 0.25) is 0 Å². The SMILES string of the molecule is CC(=O)NC1C(OCCCCCCCCCCCC(=O)N2CC[C@H](COP(=O)(O)O[C@H]3CN(C(=O)CCCCCCCCCCCOC4OC(CO)C(O)C(O)C4NC(C)=O)CC[C@@H]3COP(=O)(O)O[C@H]3CN(C(=O)CCCCCCCCCCCOC4OC(CO)C(O)C(O)C4NC(C)=O)CC[C@@H]3CO)[C@@H](OP(=O)(O)OCCCCCOP(C)(=O)O)C2)OC(CO)C(O)C1O. The Morgan fingerprint density at radius 1 is 0.328 bits per heavy atom. The molecule has 6 fully saturated rings.